The molecule has 2 aromatic rings. The van der Waals surface area contributed by atoms with Crippen molar-refractivity contribution >= 4 is 28.6 Å². The van der Waals surface area contributed by atoms with Gasteiger partial charge in [0.1, 0.15) is 0 Å². The zero-order valence-corrected chi connectivity index (χ0v) is 12.8. The Hall–Kier alpha value is -1.88. The average Bonchev–Trinajstić information content (AvgIpc) is 2.75. The van der Waals surface area contributed by atoms with Crippen molar-refractivity contribution in [3.05, 3.63) is 39.8 Å². The Kier molecular flexibility index (Phi) is 4.74. The fourth-order valence-electron chi connectivity index (χ4n) is 1.88. The van der Waals surface area contributed by atoms with Crippen molar-refractivity contribution in [2.45, 2.75) is 33.7 Å². The van der Waals surface area contributed by atoms with Gasteiger partial charge in [-0.05, 0) is 32.0 Å². The Balaban J connectivity index is 2.01. The number of hydrogen-bond donors (Lipinski definition) is 2. The SMILES string of the molecule is CCC(=O)Nc1cccc(NCc2sc(C)nc2C)c1. The predicted molar refractivity (Wildman–Crippen MR) is 84.3 cm³/mol. The lowest BCUT2D eigenvalue weighted by molar-refractivity contribution is -0.115. The van der Waals surface area contributed by atoms with Gasteiger partial charge < -0.3 is 10.6 Å². The summed E-state index contributed by atoms with van der Waals surface area (Å²) >= 11 is 1.71. The van der Waals surface area contributed by atoms with E-state index in [2.05, 4.69) is 15.6 Å². The van der Waals surface area contributed by atoms with Gasteiger partial charge in [0.05, 0.1) is 17.2 Å². The van der Waals surface area contributed by atoms with Crippen molar-refractivity contribution in [1.82, 2.24) is 4.98 Å². The molecule has 0 unspecified atom stereocenters. The van der Waals surface area contributed by atoms with Crippen LogP contribution in [0.15, 0.2) is 24.3 Å². The van der Waals surface area contributed by atoms with Crippen LogP contribution in [0.3, 0.4) is 0 Å². The molecule has 0 spiro atoms. The summed E-state index contributed by atoms with van der Waals surface area (Å²) in [6, 6.07) is 7.75. The molecule has 0 atom stereocenters. The lowest BCUT2D eigenvalue weighted by Crippen LogP contribution is -2.09. The Labute approximate surface area is 123 Å². The molecule has 0 radical (unpaired) electrons. The largest absolute Gasteiger partial charge is 0.380 e. The van der Waals surface area contributed by atoms with Crippen LogP contribution in [-0.4, -0.2) is 10.9 Å². The third-order valence-corrected chi connectivity index (χ3v) is 3.99. The topological polar surface area (TPSA) is 54.0 Å². The first-order valence-corrected chi connectivity index (χ1v) is 7.47. The summed E-state index contributed by atoms with van der Waals surface area (Å²) in [6.07, 6.45) is 0.483. The lowest BCUT2D eigenvalue weighted by Gasteiger charge is -2.08. The molecule has 106 valence electrons. The molecule has 0 saturated heterocycles. The molecule has 2 rings (SSSR count). The number of thiazole rings is 1. The average molecular weight is 289 g/mol. The van der Waals surface area contributed by atoms with Crippen molar-refractivity contribution in [1.29, 1.82) is 0 Å². The molecule has 0 aliphatic heterocycles. The number of anilines is 2. The molecule has 1 aromatic carbocycles. The van der Waals surface area contributed by atoms with Crippen LogP contribution >= 0.6 is 11.3 Å². The van der Waals surface area contributed by atoms with Crippen molar-refractivity contribution in [2.75, 3.05) is 10.6 Å². The predicted octanol–water partition coefficient (Wildman–Crippen LogP) is 3.72. The molecule has 1 heterocycles. The van der Waals surface area contributed by atoms with Crippen LogP contribution in [0, 0.1) is 13.8 Å². The summed E-state index contributed by atoms with van der Waals surface area (Å²) in [5.41, 5.74) is 2.89. The van der Waals surface area contributed by atoms with Crippen LogP contribution in [0.2, 0.25) is 0 Å². The Morgan fingerprint density at radius 1 is 1.30 bits per heavy atom. The highest BCUT2D eigenvalue weighted by Gasteiger charge is 2.05. The zero-order valence-electron chi connectivity index (χ0n) is 12.0. The monoisotopic (exact) mass is 289 g/mol. The quantitative estimate of drug-likeness (QED) is 0.882. The summed E-state index contributed by atoms with van der Waals surface area (Å²) in [7, 11) is 0. The van der Waals surface area contributed by atoms with E-state index in [1.54, 1.807) is 11.3 Å². The van der Waals surface area contributed by atoms with E-state index < -0.39 is 0 Å². The summed E-state index contributed by atoms with van der Waals surface area (Å²) < 4.78 is 0. The van der Waals surface area contributed by atoms with Gasteiger partial charge in [-0.25, -0.2) is 4.98 Å². The van der Waals surface area contributed by atoms with Crippen LogP contribution in [0.5, 0.6) is 0 Å². The van der Waals surface area contributed by atoms with E-state index in [9.17, 15) is 4.79 Å². The number of benzene rings is 1. The molecule has 20 heavy (non-hydrogen) atoms. The van der Waals surface area contributed by atoms with Crippen LogP contribution in [0.4, 0.5) is 11.4 Å². The number of nitrogens with one attached hydrogen (secondary N) is 2. The van der Waals surface area contributed by atoms with Gasteiger partial charge >= 0.3 is 0 Å². The Bertz CT molecular complexity index is 607. The van der Waals surface area contributed by atoms with Crippen molar-refractivity contribution < 1.29 is 4.79 Å². The number of aromatic nitrogens is 1. The highest BCUT2D eigenvalue weighted by Crippen LogP contribution is 2.20. The van der Waals surface area contributed by atoms with Crippen molar-refractivity contribution in [3.63, 3.8) is 0 Å². The van der Waals surface area contributed by atoms with Crippen molar-refractivity contribution in [3.8, 4) is 0 Å². The second kappa shape index (κ2) is 6.52. The summed E-state index contributed by atoms with van der Waals surface area (Å²) in [5, 5.41) is 7.31. The minimum absolute atomic E-state index is 0.0241. The van der Waals surface area contributed by atoms with Gasteiger partial charge in [0.15, 0.2) is 0 Å². The van der Waals surface area contributed by atoms with Gasteiger partial charge in [0, 0.05) is 22.7 Å². The van der Waals surface area contributed by atoms with E-state index in [0.717, 1.165) is 28.6 Å². The fraction of sp³-hybridized carbons (Fsp3) is 0.333. The highest BCUT2D eigenvalue weighted by molar-refractivity contribution is 7.11. The van der Waals surface area contributed by atoms with Gasteiger partial charge in [-0.2, -0.15) is 0 Å². The molecule has 0 fully saturated rings. The summed E-state index contributed by atoms with van der Waals surface area (Å²) in [6.45, 7) is 6.63. The maximum absolute atomic E-state index is 11.4. The lowest BCUT2D eigenvalue weighted by atomic mass is 10.2. The molecular formula is C15H19N3OS. The first kappa shape index (κ1) is 14.5. The smallest absolute Gasteiger partial charge is 0.224 e. The molecule has 2 N–H and O–H groups in total. The maximum Gasteiger partial charge on any atom is 0.224 e. The zero-order chi connectivity index (χ0) is 14.5. The molecule has 0 bridgehead atoms. The standard InChI is InChI=1S/C15H19N3OS/c1-4-15(19)18-13-7-5-6-12(8-13)16-9-14-10(2)17-11(3)20-14/h5-8,16H,4,9H2,1-3H3,(H,18,19). The molecule has 1 aromatic heterocycles. The highest BCUT2D eigenvalue weighted by atomic mass is 32.1. The third kappa shape index (κ3) is 3.81. The summed E-state index contributed by atoms with van der Waals surface area (Å²) in [4.78, 5) is 17.0. The van der Waals surface area contributed by atoms with Crippen LogP contribution in [0.25, 0.3) is 0 Å². The van der Waals surface area contributed by atoms with Crippen LogP contribution in [-0.2, 0) is 11.3 Å². The number of aryl methyl sites for hydroxylation is 2. The number of hydrogen-bond acceptors (Lipinski definition) is 4. The molecule has 1 amide bonds. The van der Waals surface area contributed by atoms with E-state index in [4.69, 9.17) is 0 Å². The second-order valence-electron chi connectivity index (χ2n) is 4.58. The van der Waals surface area contributed by atoms with Crippen LogP contribution < -0.4 is 10.6 Å². The first-order chi connectivity index (χ1) is 9.58. The van der Waals surface area contributed by atoms with E-state index in [1.165, 1.54) is 4.88 Å². The Morgan fingerprint density at radius 3 is 2.70 bits per heavy atom. The number of carbonyl (C=O) groups excluding carboxylic acids is 1. The third-order valence-electron chi connectivity index (χ3n) is 2.92. The molecule has 0 aliphatic rings. The van der Waals surface area contributed by atoms with Gasteiger partial charge in [-0.1, -0.05) is 13.0 Å². The maximum atomic E-state index is 11.4. The fourth-order valence-corrected chi connectivity index (χ4v) is 2.75. The molecule has 4 nitrogen and oxygen atoms in total. The van der Waals surface area contributed by atoms with E-state index in [-0.39, 0.29) is 5.91 Å². The van der Waals surface area contributed by atoms with Gasteiger partial charge in [-0.15, -0.1) is 11.3 Å². The van der Waals surface area contributed by atoms with Gasteiger partial charge in [0.25, 0.3) is 0 Å². The van der Waals surface area contributed by atoms with E-state index >= 15 is 0 Å². The summed E-state index contributed by atoms with van der Waals surface area (Å²) in [5.74, 6) is 0.0241. The first-order valence-electron chi connectivity index (χ1n) is 6.65. The molecular weight excluding hydrogens is 270 g/mol. The number of amides is 1. The second-order valence-corrected chi connectivity index (χ2v) is 5.87. The van der Waals surface area contributed by atoms with E-state index in [0.29, 0.717) is 6.42 Å². The molecule has 0 aliphatic carbocycles. The Morgan fingerprint density at radius 2 is 2.05 bits per heavy atom. The minimum Gasteiger partial charge on any atom is -0.380 e. The van der Waals surface area contributed by atoms with Gasteiger partial charge in [0.2, 0.25) is 5.91 Å². The normalized spacial score (nSPS) is 10.3. The van der Waals surface area contributed by atoms with Crippen LogP contribution in [0.1, 0.15) is 28.9 Å². The van der Waals surface area contributed by atoms with Crippen molar-refractivity contribution in [2.24, 2.45) is 0 Å². The number of nitrogens with zero attached hydrogens (tertiary/aromatic N) is 1. The number of carbonyl (C=O) groups is 1. The van der Waals surface area contributed by atoms with E-state index in [1.807, 2.05) is 45.0 Å². The number of rotatable bonds is 5. The minimum atomic E-state index is 0.0241. The molecule has 0 saturated carbocycles. The molecule has 5 heteroatoms. The van der Waals surface area contributed by atoms with Gasteiger partial charge in [-0.3, -0.25) is 4.79 Å².